The van der Waals surface area contributed by atoms with Gasteiger partial charge in [0, 0.05) is 17.0 Å². The zero-order chi connectivity index (χ0) is 16.2. The topological polar surface area (TPSA) is 54.0 Å². The van der Waals surface area contributed by atoms with Gasteiger partial charge in [-0.3, -0.25) is 5.32 Å². The van der Waals surface area contributed by atoms with E-state index in [1.165, 1.54) is 29.7 Å². The Balaban J connectivity index is 1.62. The van der Waals surface area contributed by atoms with Crippen molar-refractivity contribution in [3.05, 3.63) is 35.2 Å². The van der Waals surface area contributed by atoms with Gasteiger partial charge in [0.25, 0.3) is 0 Å². The van der Waals surface area contributed by atoms with E-state index in [2.05, 4.69) is 53.7 Å². The maximum atomic E-state index is 12.0. The Hall–Kier alpha value is -1.88. The molecule has 1 aliphatic rings. The second-order valence-electron chi connectivity index (χ2n) is 6.39. The number of anilines is 1. The van der Waals surface area contributed by atoms with E-state index in [0.29, 0.717) is 17.1 Å². The van der Waals surface area contributed by atoms with Crippen LogP contribution in [0.4, 0.5) is 9.93 Å². The fourth-order valence-corrected chi connectivity index (χ4v) is 3.61. The molecule has 0 saturated heterocycles. The number of benzene rings is 1. The smallest absolute Gasteiger partial charge is 0.321 e. The van der Waals surface area contributed by atoms with Gasteiger partial charge in [0.05, 0.1) is 5.69 Å². The van der Waals surface area contributed by atoms with Crippen molar-refractivity contribution in [2.75, 3.05) is 5.32 Å². The quantitative estimate of drug-likeness (QED) is 0.829. The maximum absolute atomic E-state index is 12.0. The fourth-order valence-electron chi connectivity index (χ4n) is 2.89. The molecule has 4 nitrogen and oxygen atoms in total. The third-order valence-corrected chi connectivity index (χ3v) is 5.05. The van der Waals surface area contributed by atoms with Crippen molar-refractivity contribution in [3.8, 4) is 11.3 Å². The summed E-state index contributed by atoms with van der Waals surface area (Å²) in [7, 11) is 0. The van der Waals surface area contributed by atoms with Crippen LogP contribution in [0.1, 0.15) is 51.0 Å². The monoisotopic (exact) mass is 329 g/mol. The van der Waals surface area contributed by atoms with Crippen LogP contribution in [0, 0.1) is 0 Å². The van der Waals surface area contributed by atoms with Gasteiger partial charge in [-0.05, 0) is 24.3 Å². The Kier molecular flexibility index (Phi) is 4.96. The summed E-state index contributed by atoms with van der Waals surface area (Å²) in [5, 5.41) is 8.48. The molecule has 0 atom stereocenters. The highest BCUT2D eigenvalue weighted by Gasteiger charge is 2.17. The normalized spacial score (nSPS) is 15.1. The van der Waals surface area contributed by atoms with Crippen molar-refractivity contribution in [1.29, 1.82) is 0 Å². The second kappa shape index (κ2) is 7.13. The highest BCUT2D eigenvalue weighted by Crippen LogP contribution is 2.26. The highest BCUT2D eigenvalue weighted by molar-refractivity contribution is 7.14. The Labute approximate surface area is 141 Å². The molecule has 0 unspecified atom stereocenters. The lowest BCUT2D eigenvalue weighted by molar-refractivity contribution is 0.248. The van der Waals surface area contributed by atoms with Crippen molar-refractivity contribution >= 4 is 22.5 Å². The molecule has 1 aromatic heterocycles. The number of hydrogen-bond donors (Lipinski definition) is 2. The summed E-state index contributed by atoms with van der Waals surface area (Å²) in [5.74, 6) is 0.524. The SMILES string of the molecule is CC(C)c1ccc(-c2csc(NC(=O)NC3CCCC3)n2)cc1. The first kappa shape index (κ1) is 16.0. The predicted molar refractivity (Wildman–Crippen MR) is 96.0 cm³/mol. The molecule has 0 spiro atoms. The molecule has 0 aliphatic heterocycles. The summed E-state index contributed by atoms with van der Waals surface area (Å²) in [6, 6.07) is 8.63. The summed E-state index contributed by atoms with van der Waals surface area (Å²) in [5.41, 5.74) is 3.30. The summed E-state index contributed by atoms with van der Waals surface area (Å²) < 4.78 is 0. The Bertz CT molecular complexity index is 657. The van der Waals surface area contributed by atoms with Gasteiger partial charge in [0.2, 0.25) is 0 Å². The molecular weight excluding hydrogens is 306 g/mol. The summed E-state index contributed by atoms with van der Waals surface area (Å²) in [6.45, 7) is 4.37. The molecule has 23 heavy (non-hydrogen) atoms. The number of carbonyl (C=O) groups excluding carboxylic acids is 1. The van der Waals surface area contributed by atoms with Gasteiger partial charge < -0.3 is 5.32 Å². The molecule has 5 heteroatoms. The van der Waals surface area contributed by atoms with Crippen LogP contribution in [0.5, 0.6) is 0 Å². The van der Waals surface area contributed by atoms with Crippen LogP contribution in [0.3, 0.4) is 0 Å². The van der Waals surface area contributed by atoms with Crippen LogP contribution in [0.25, 0.3) is 11.3 Å². The van der Waals surface area contributed by atoms with Gasteiger partial charge in [0.1, 0.15) is 0 Å². The molecule has 1 saturated carbocycles. The minimum Gasteiger partial charge on any atom is -0.335 e. The second-order valence-corrected chi connectivity index (χ2v) is 7.25. The maximum Gasteiger partial charge on any atom is 0.321 e. The molecule has 1 aromatic carbocycles. The first-order chi connectivity index (χ1) is 11.1. The van der Waals surface area contributed by atoms with Crippen molar-refractivity contribution in [1.82, 2.24) is 10.3 Å². The van der Waals surface area contributed by atoms with E-state index in [1.807, 2.05) is 5.38 Å². The lowest BCUT2D eigenvalue weighted by atomic mass is 10.0. The van der Waals surface area contributed by atoms with E-state index in [-0.39, 0.29) is 6.03 Å². The van der Waals surface area contributed by atoms with E-state index in [4.69, 9.17) is 0 Å². The van der Waals surface area contributed by atoms with Crippen LogP contribution in [0.2, 0.25) is 0 Å². The molecule has 2 aromatic rings. The number of aromatic nitrogens is 1. The van der Waals surface area contributed by atoms with Crippen LogP contribution >= 0.6 is 11.3 Å². The van der Waals surface area contributed by atoms with Gasteiger partial charge in [0.15, 0.2) is 5.13 Å². The number of thiazole rings is 1. The minimum absolute atomic E-state index is 0.145. The van der Waals surface area contributed by atoms with E-state index in [0.717, 1.165) is 24.1 Å². The standard InChI is InChI=1S/C18H23N3OS/c1-12(2)13-7-9-14(10-8-13)16-11-23-18(20-16)21-17(22)19-15-5-3-4-6-15/h7-12,15H,3-6H2,1-2H3,(H2,19,20,21,22). The molecular formula is C18H23N3OS. The first-order valence-electron chi connectivity index (χ1n) is 8.25. The van der Waals surface area contributed by atoms with Crippen LogP contribution in [0.15, 0.2) is 29.6 Å². The molecule has 0 bridgehead atoms. The molecule has 122 valence electrons. The van der Waals surface area contributed by atoms with Crippen LogP contribution < -0.4 is 10.6 Å². The lowest BCUT2D eigenvalue weighted by Crippen LogP contribution is -2.36. The zero-order valence-corrected chi connectivity index (χ0v) is 14.5. The summed E-state index contributed by atoms with van der Waals surface area (Å²) >= 11 is 1.46. The average molecular weight is 329 g/mol. The van der Waals surface area contributed by atoms with Gasteiger partial charge in [-0.25, -0.2) is 9.78 Å². The minimum atomic E-state index is -0.145. The van der Waals surface area contributed by atoms with Gasteiger partial charge in [-0.2, -0.15) is 0 Å². The number of hydrogen-bond acceptors (Lipinski definition) is 3. The molecule has 2 N–H and O–H groups in total. The largest absolute Gasteiger partial charge is 0.335 e. The van der Waals surface area contributed by atoms with E-state index in [9.17, 15) is 4.79 Å². The molecule has 1 heterocycles. The Morgan fingerprint density at radius 2 is 1.91 bits per heavy atom. The van der Waals surface area contributed by atoms with Crippen LogP contribution in [-0.4, -0.2) is 17.1 Å². The molecule has 1 aliphatic carbocycles. The number of amides is 2. The van der Waals surface area contributed by atoms with Gasteiger partial charge >= 0.3 is 6.03 Å². The number of nitrogens with one attached hydrogen (secondary N) is 2. The van der Waals surface area contributed by atoms with Crippen molar-refractivity contribution in [3.63, 3.8) is 0 Å². The number of nitrogens with zero attached hydrogens (tertiary/aromatic N) is 1. The van der Waals surface area contributed by atoms with Crippen molar-refractivity contribution in [2.45, 2.75) is 51.5 Å². The third-order valence-electron chi connectivity index (χ3n) is 4.29. The number of urea groups is 1. The highest BCUT2D eigenvalue weighted by atomic mass is 32.1. The Morgan fingerprint density at radius 3 is 2.57 bits per heavy atom. The summed E-state index contributed by atoms with van der Waals surface area (Å²) in [6.07, 6.45) is 4.58. The molecule has 2 amide bonds. The fraction of sp³-hybridized carbons (Fsp3) is 0.444. The lowest BCUT2D eigenvalue weighted by Gasteiger charge is -2.11. The van der Waals surface area contributed by atoms with E-state index >= 15 is 0 Å². The third kappa shape index (κ3) is 4.10. The van der Waals surface area contributed by atoms with Crippen molar-refractivity contribution in [2.24, 2.45) is 0 Å². The summed E-state index contributed by atoms with van der Waals surface area (Å²) in [4.78, 5) is 16.5. The van der Waals surface area contributed by atoms with Gasteiger partial charge in [-0.15, -0.1) is 11.3 Å². The van der Waals surface area contributed by atoms with E-state index < -0.39 is 0 Å². The predicted octanol–water partition coefficient (Wildman–Crippen LogP) is 5.00. The Morgan fingerprint density at radius 1 is 1.22 bits per heavy atom. The van der Waals surface area contributed by atoms with Gasteiger partial charge in [-0.1, -0.05) is 51.0 Å². The molecule has 0 radical (unpaired) electrons. The number of carbonyl (C=O) groups is 1. The zero-order valence-electron chi connectivity index (χ0n) is 13.6. The van der Waals surface area contributed by atoms with E-state index in [1.54, 1.807) is 0 Å². The molecule has 1 fully saturated rings. The molecule has 3 rings (SSSR count). The van der Waals surface area contributed by atoms with Crippen LogP contribution in [-0.2, 0) is 0 Å². The first-order valence-corrected chi connectivity index (χ1v) is 9.13. The van der Waals surface area contributed by atoms with Crippen molar-refractivity contribution < 1.29 is 4.79 Å². The number of rotatable bonds is 4. The average Bonchev–Trinajstić information content (AvgIpc) is 3.19.